The SMILES string of the molecule is COc1ccc(S(=O)(=O)N2CCN(c3ccc(C(=O)O)cc3)CC2)cc1. The summed E-state index contributed by atoms with van der Waals surface area (Å²) in [5, 5.41) is 8.96. The minimum atomic E-state index is -3.54. The molecular weight excluding hydrogens is 356 g/mol. The Morgan fingerprint density at radius 3 is 2.04 bits per heavy atom. The number of ether oxygens (including phenoxy) is 1. The Bertz CT molecular complexity index is 871. The second-order valence-corrected chi connectivity index (χ2v) is 7.86. The molecule has 0 aromatic heterocycles. The molecule has 26 heavy (non-hydrogen) atoms. The van der Waals surface area contributed by atoms with Crippen LogP contribution in [0.4, 0.5) is 5.69 Å². The van der Waals surface area contributed by atoms with Crippen LogP contribution < -0.4 is 9.64 Å². The molecule has 1 heterocycles. The normalized spacial score (nSPS) is 15.7. The third-order valence-electron chi connectivity index (χ3n) is 4.42. The van der Waals surface area contributed by atoms with E-state index >= 15 is 0 Å². The molecule has 7 nitrogen and oxygen atoms in total. The molecule has 1 saturated heterocycles. The topological polar surface area (TPSA) is 87.2 Å². The van der Waals surface area contributed by atoms with E-state index in [-0.39, 0.29) is 10.5 Å². The van der Waals surface area contributed by atoms with Crippen LogP contribution in [0.2, 0.25) is 0 Å². The van der Waals surface area contributed by atoms with Crippen LogP contribution in [0.25, 0.3) is 0 Å². The van der Waals surface area contributed by atoms with Crippen LogP contribution in [-0.4, -0.2) is 57.1 Å². The first-order valence-corrected chi connectivity index (χ1v) is 9.58. The molecular formula is C18H20N2O5S. The zero-order chi connectivity index (χ0) is 18.7. The summed E-state index contributed by atoms with van der Waals surface area (Å²) in [6, 6.07) is 13.0. The van der Waals surface area contributed by atoms with E-state index in [2.05, 4.69) is 0 Å². The number of carboxylic acids is 1. The van der Waals surface area contributed by atoms with Gasteiger partial charge >= 0.3 is 5.97 Å². The van der Waals surface area contributed by atoms with E-state index in [0.717, 1.165) is 5.69 Å². The van der Waals surface area contributed by atoms with Crippen LogP contribution in [0.1, 0.15) is 10.4 Å². The molecule has 2 aromatic rings. The number of hydrogen-bond donors (Lipinski definition) is 1. The van der Waals surface area contributed by atoms with Crippen LogP contribution in [0, 0.1) is 0 Å². The summed E-state index contributed by atoms with van der Waals surface area (Å²) >= 11 is 0. The highest BCUT2D eigenvalue weighted by Gasteiger charge is 2.28. The third kappa shape index (κ3) is 3.66. The van der Waals surface area contributed by atoms with Crippen LogP contribution in [0.5, 0.6) is 5.75 Å². The fraction of sp³-hybridized carbons (Fsp3) is 0.278. The van der Waals surface area contributed by atoms with Crippen molar-refractivity contribution < 1.29 is 23.1 Å². The summed E-state index contributed by atoms with van der Waals surface area (Å²) in [6.45, 7) is 1.83. The lowest BCUT2D eigenvalue weighted by molar-refractivity contribution is 0.0697. The first kappa shape index (κ1) is 18.2. The molecule has 1 aliphatic heterocycles. The van der Waals surface area contributed by atoms with Crippen molar-refractivity contribution in [2.45, 2.75) is 4.90 Å². The molecule has 1 N–H and O–H groups in total. The minimum absolute atomic E-state index is 0.231. The predicted molar refractivity (Wildman–Crippen MR) is 97.4 cm³/mol. The van der Waals surface area contributed by atoms with Crippen molar-refractivity contribution in [2.24, 2.45) is 0 Å². The molecule has 1 fully saturated rings. The van der Waals surface area contributed by atoms with Gasteiger partial charge in [-0.1, -0.05) is 0 Å². The van der Waals surface area contributed by atoms with Gasteiger partial charge in [0.05, 0.1) is 17.6 Å². The highest BCUT2D eigenvalue weighted by atomic mass is 32.2. The van der Waals surface area contributed by atoms with Crippen molar-refractivity contribution >= 4 is 21.7 Å². The Labute approximate surface area is 152 Å². The number of piperazine rings is 1. The molecule has 0 bridgehead atoms. The average Bonchev–Trinajstić information content (AvgIpc) is 2.68. The van der Waals surface area contributed by atoms with Crippen LogP contribution >= 0.6 is 0 Å². The molecule has 0 aliphatic carbocycles. The summed E-state index contributed by atoms with van der Waals surface area (Å²) in [6.07, 6.45) is 0. The Kier molecular flexibility index (Phi) is 5.15. The molecule has 8 heteroatoms. The number of hydrogen-bond acceptors (Lipinski definition) is 5. The number of nitrogens with zero attached hydrogens (tertiary/aromatic N) is 2. The monoisotopic (exact) mass is 376 g/mol. The van der Waals surface area contributed by atoms with Crippen LogP contribution in [0.3, 0.4) is 0 Å². The molecule has 0 radical (unpaired) electrons. The van der Waals surface area contributed by atoms with E-state index in [1.165, 1.54) is 11.4 Å². The maximum Gasteiger partial charge on any atom is 0.335 e. The van der Waals surface area contributed by atoms with Crippen molar-refractivity contribution in [3.8, 4) is 5.75 Å². The van der Waals surface area contributed by atoms with E-state index in [1.54, 1.807) is 48.5 Å². The van der Waals surface area contributed by atoms with Crippen LogP contribution in [-0.2, 0) is 10.0 Å². The second kappa shape index (κ2) is 7.35. The Morgan fingerprint density at radius 1 is 0.962 bits per heavy atom. The fourth-order valence-electron chi connectivity index (χ4n) is 2.90. The van der Waals surface area contributed by atoms with Gasteiger partial charge < -0.3 is 14.7 Å². The average molecular weight is 376 g/mol. The molecule has 0 saturated carbocycles. The van der Waals surface area contributed by atoms with Crippen molar-refractivity contribution in [1.82, 2.24) is 4.31 Å². The lowest BCUT2D eigenvalue weighted by Crippen LogP contribution is -2.48. The number of methoxy groups -OCH3 is 1. The molecule has 1 aliphatic rings. The third-order valence-corrected chi connectivity index (χ3v) is 6.33. The summed E-state index contributed by atoms with van der Waals surface area (Å²) in [5.74, 6) is -0.356. The zero-order valence-electron chi connectivity index (χ0n) is 14.3. The Hall–Kier alpha value is -2.58. The maximum absolute atomic E-state index is 12.8. The van der Waals surface area contributed by atoms with Crippen molar-refractivity contribution in [3.05, 3.63) is 54.1 Å². The standard InChI is InChI=1S/C18H20N2O5S/c1-25-16-6-8-17(9-7-16)26(23,24)20-12-10-19(11-13-20)15-4-2-14(3-5-15)18(21)22/h2-9H,10-13H2,1H3,(H,21,22). The van der Waals surface area contributed by atoms with Gasteiger partial charge in [-0.05, 0) is 48.5 Å². The van der Waals surface area contributed by atoms with E-state index in [4.69, 9.17) is 9.84 Å². The Morgan fingerprint density at radius 2 is 1.54 bits per heavy atom. The number of carbonyl (C=O) groups is 1. The number of rotatable bonds is 5. The molecule has 2 aromatic carbocycles. The molecule has 138 valence electrons. The smallest absolute Gasteiger partial charge is 0.335 e. The summed E-state index contributed by atoms with van der Waals surface area (Å²) in [4.78, 5) is 13.2. The van der Waals surface area contributed by atoms with Crippen LogP contribution in [0.15, 0.2) is 53.4 Å². The van der Waals surface area contributed by atoms with E-state index in [0.29, 0.717) is 31.9 Å². The van der Waals surface area contributed by atoms with E-state index in [1.807, 2.05) is 4.90 Å². The minimum Gasteiger partial charge on any atom is -0.497 e. The highest BCUT2D eigenvalue weighted by molar-refractivity contribution is 7.89. The first-order valence-electron chi connectivity index (χ1n) is 8.14. The van der Waals surface area contributed by atoms with Gasteiger partial charge in [0.15, 0.2) is 0 Å². The molecule has 0 spiro atoms. The van der Waals surface area contributed by atoms with Gasteiger partial charge in [0, 0.05) is 31.9 Å². The molecule has 0 amide bonds. The van der Waals surface area contributed by atoms with Crippen molar-refractivity contribution in [3.63, 3.8) is 0 Å². The number of aromatic carboxylic acids is 1. The zero-order valence-corrected chi connectivity index (χ0v) is 15.1. The largest absolute Gasteiger partial charge is 0.497 e. The van der Waals surface area contributed by atoms with Gasteiger partial charge in [-0.25, -0.2) is 13.2 Å². The molecule has 0 unspecified atom stereocenters. The van der Waals surface area contributed by atoms with Crippen molar-refractivity contribution in [1.29, 1.82) is 0 Å². The Balaban J connectivity index is 1.68. The van der Waals surface area contributed by atoms with Gasteiger partial charge in [-0.2, -0.15) is 4.31 Å². The quantitative estimate of drug-likeness (QED) is 0.858. The van der Waals surface area contributed by atoms with E-state index in [9.17, 15) is 13.2 Å². The first-order chi connectivity index (χ1) is 12.4. The highest BCUT2D eigenvalue weighted by Crippen LogP contribution is 2.23. The lowest BCUT2D eigenvalue weighted by Gasteiger charge is -2.35. The summed E-state index contributed by atoms with van der Waals surface area (Å²) < 4.78 is 32.0. The predicted octanol–water partition coefficient (Wildman–Crippen LogP) is 1.90. The lowest BCUT2D eigenvalue weighted by atomic mass is 10.2. The number of carboxylic acid groups (broad SMARTS) is 1. The number of sulfonamides is 1. The molecule has 3 rings (SSSR count). The fourth-order valence-corrected chi connectivity index (χ4v) is 4.32. The van der Waals surface area contributed by atoms with Gasteiger partial charge in [-0.15, -0.1) is 0 Å². The maximum atomic E-state index is 12.8. The van der Waals surface area contributed by atoms with Gasteiger partial charge in [0.1, 0.15) is 5.75 Å². The second-order valence-electron chi connectivity index (χ2n) is 5.92. The van der Waals surface area contributed by atoms with Gasteiger partial charge in [-0.3, -0.25) is 0 Å². The summed E-state index contributed by atoms with van der Waals surface area (Å²) in [7, 11) is -2.00. The molecule has 0 atom stereocenters. The number of anilines is 1. The summed E-state index contributed by atoms with van der Waals surface area (Å²) in [5.41, 5.74) is 1.12. The van der Waals surface area contributed by atoms with Crippen molar-refractivity contribution in [2.75, 3.05) is 38.2 Å². The van der Waals surface area contributed by atoms with E-state index < -0.39 is 16.0 Å². The van der Waals surface area contributed by atoms with Gasteiger partial charge in [0.2, 0.25) is 10.0 Å². The number of benzene rings is 2. The van der Waals surface area contributed by atoms with Gasteiger partial charge in [0.25, 0.3) is 0 Å².